The van der Waals surface area contributed by atoms with Crippen LogP contribution in [0.2, 0.25) is 0 Å². The Morgan fingerprint density at radius 1 is 1.07 bits per heavy atom. The average Bonchev–Trinajstić information content (AvgIpc) is 2.78. The van der Waals surface area contributed by atoms with E-state index in [1.807, 2.05) is 37.3 Å². The number of hydrogen-bond acceptors (Lipinski definition) is 4. The third-order valence-electron chi connectivity index (χ3n) is 4.93. The standard InChI is InChI=1S/C24H21N3O3/c1-16-6-8-19(9-7-16)27(24(29)22-5-3-4-12-25-22)15-18-13-17-14-20(30-2)10-11-21(17)26-23(18)28/h3-14H,15H2,1-2H3,(H,26,28). The number of rotatable bonds is 5. The maximum Gasteiger partial charge on any atom is 0.277 e. The van der Waals surface area contributed by atoms with Gasteiger partial charge < -0.3 is 14.6 Å². The minimum atomic E-state index is -0.274. The summed E-state index contributed by atoms with van der Waals surface area (Å²) in [6.45, 7) is 2.09. The van der Waals surface area contributed by atoms with Gasteiger partial charge in [-0.3, -0.25) is 14.6 Å². The number of ether oxygens (including phenoxy) is 1. The van der Waals surface area contributed by atoms with Crippen molar-refractivity contribution in [2.45, 2.75) is 13.5 Å². The van der Waals surface area contributed by atoms with E-state index >= 15 is 0 Å². The summed E-state index contributed by atoms with van der Waals surface area (Å²) in [5, 5.41) is 0.832. The summed E-state index contributed by atoms with van der Waals surface area (Å²) >= 11 is 0. The maximum atomic E-state index is 13.2. The van der Waals surface area contributed by atoms with E-state index in [4.69, 9.17) is 4.74 Å². The lowest BCUT2D eigenvalue weighted by Crippen LogP contribution is -2.33. The fourth-order valence-electron chi connectivity index (χ4n) is 3.28. The van der Waals surface area contributed by atoms with E-state index in [0.29, 0.717) is 28.2 Å². The van der Waals surface area contributed by atoms with Crippen molar-refractivity contribution >= 4 is 22.5 Å². The van der Waals surface area contributed by atoms with Crippen LogP contribution in [0.15, 0.2) is 77.7 Å². The number of benzene rings is 2. The lowest BCUT2D eigenvalue weighted by Gasteiger charge is -2.23. The molecular formula is C24H21N3O3. The number of methoxy groups -OCH3 is 1. The number of carbonyl (C=O) groups is 1. The van der Waals surface area contributed by atoms with Crippen LogP contribution in [0.4, 0.5) is 5.69 Å². The Morgan fingerprint density at radius 2 is 1.87 bits per heavy atom. The van der Waals surface area contributed by atoms with Crippen LogP contribution in [0, 0.1) is 6.92 Å². The highest BCUT2D eigenvalue weighted by atomic mass is 16.5. The molecule has 0 saturated heterocycles. The van der Waals surface area contributed by atoms with Gasteiger partial charge >= 0.3 is 0 Å². The van der Waals surface area contributed by atoms with Crippen molar-refractivity contribution in [3.8, 4) is 5.75 Å². The molecule has 1 amide bonds. The first-order chi connectivity index (χ1) is 14.5. The van der Waals surface area contributed by atoms with Crippen LogP contribution in [-0.2, 0) is 6.54 Å². The maximum absolute atomic E-state index is 13.2. The third-order valence-corrected chi connectivity index (χ3v) is 4.93. The van der Waals surface area contributed by atoms with Crippen LogP contribution in [0.3, 0.4) is 0 Å². The second-order valence-corrected chi connectivity index (χ2v) is 7.02. The number of carbonyl (C=O) groups excluding carboxylic acids is 1. The molecule has 0 spiro atoms. The van der Waals surface area contributed by atoms with Crippen LogP contribution in [-0.4, -0.2) is 23.0 Å². The molecule has 0 radical (unpaired) electrons. The number of H-pyrrole nitrogens is 1. The van der Waals surface area contributed by atoms with E-state index in [2.05, 4.69) is 9.97 Å². The van der Waals surface area contributed by atoms with Crippen LogP contribution in [0.1, 0.15) is 21.6 Å². The van der Waals surface area contributed by atoms with Crippen molar-refractivity contribution in [1.82, 2.24) is 9.97 Å². The Kier molecular flexibility index (Phi) is 5.30. The molecule has 6 heteroatoms. The molecule has 0 bridgehead atoms. The zero-order valence-corrected chi connectivity index (χ0v) is 16.8. The fourth-order valence-corrected chi connectivity index (χ4v) is 3.28. The van der Waals surface area contributed by atoms with Crippen LogP contribution >= 0.6 is 0 Å². The Morgan fingerprint density at radius 3 is 2.57 bits per heavy atom. The summed E-state index contributed by atoms with van der Waals surface area (Å²) in [7, 11) is 1.60. The molecular weight excluding hydrogens is 378 g/mol. The number of pyridine rings is 2. The number of aromatic amines is 1. The molecule has 0 unspecified atom stereocenters. The van der Waals surface area contributed by atoms with Gasteiger partial charge in [-0.15, -0.1) is 0 Å². The predicted molar refractivity (Wildman–Crippen MR) is 117 cm³/mol. The molecule has 30 heavy (non-hydrogen) atoms. The highest BCUT2D eigenvalue weighted by Crippen LogP contribution is 2.22. The summed E-state index contributed by atoms with van der Waals surface area (Å²) in [6.07, 6.45) is 1.58. The van der Waals surface area contributed by atoms with E-state index in [1.54, 1.807) is 54.6 Å². The zero-order chi connectivity index (χ0) is 21.1. The molecule has 4 aromatic rings. The van der Waals surface area contributed by atoms with Crippen molar-refractivity contribution in [2.24, 2.45) is 0 Å². The monoisotopic (exact) mass is 399 g/mol. The van der Waals surface area contributed by atoms with Crippen LogP contribution in [0.5, 0.6) is 5.75 Å². The highest BCUT2D eigenvalue weighted by molar-refractivity contribution is 6.04. The van der Waals surface area contributed by atoms with E-state index < -0.39 is 0 Å². The van der Waals surface area contributed by atoms with E-state index in [-0.39, 0.29) is 18.0 Å². The molecule has 6 nitrogen and oxygen atoms in total. The zero-order valence-electron chi connectivity index (χ0n) is 16.8. The number of aromatic nitrogens is 2. The molecule has 0 saturated carbocycles. The lowest BCUT2D eigenvalue weighted by molar-refractivity contribution is 0.0980. The number of amides is 1. The van der Waals surface area contributed by atoms with Gasteiger partial charge in [0, 0.05) is 28.4 Å². The highest BCUT2D eigenvalue weighted by Gasteiger charge is 2.20. The van der Waals surface area contributed by atoms with Gasteiger partial charge in [-0.05, 0) is 55.5 Å². The van der Waals surface area contributed by atoms with Crippen molar-refractivity contribution in [3.05, 3.63) is 100 Å². The summed E-state index contributed by atoms with van der Waals surface area (Å²) < 4.78 is 5.29. The summed E-state index contributed by atoms with van der Waals surface area (Å²) in [4.78, 5) is 34.6. The topological polar surface area (TPSA) is 75.3 Å². The molecule has 0 fully saturated rings. The number of nitrogens with zero attached hydrogens (tertiary/aromatic N) is 2. The summed E-state index contributed by atoms with van der Waals surface area (Å²) in [5.41, 5.74) is 3.04. The minimum absolute atomic E-state index is 0.112. The van der Waals surface area contributed by atoms with Crippen molar-refractivity contribution in [2.75, 3.05) is 12.0 Å². The number of hydrogen-bond donors (Lipinski definition) is 1. The number of aryl methyl sites for hydroxylation is 1. The number of nitrogens with one attached hydrogen (secondary N) is 1. The average molecular weight is 399 g/mol. The lowest BCUT2D eigenvalue weighted by atomic mass is 10.1. The van der Waals surface area contributed by atoms with E-state index in [9.17, 15) is 9.59 Å². The molecule has 2 heterocycles. The molecule has 0 aliphatic rings. The SMILES string of the molecule is COc1ccc2[nH]c(=O)c(CN(C(=O)c3ccccn3)c3ccc(C)cc3)cc2c1. The predicted octanol–water partition coefficient (Wildman–Crippen LogP) is 4.09. The molecule has 150 valence electrons. The summed E-state index contributed by atoms with van der Waals surface area (Å²) in [6, 6.07) is 20.0. The van der Waals surface area contributed by atoms with Gasteiger partial charge in [0.2, 0.25) is 0 Å². The van der Waals surface area contributed by atoms with Crippen molar-refractivity contribution in [1.29, 1.82) is 0 Å². The van der Waals surface area contributed by atoms with Gasteiger partial charge in [0.15, 0.2) is 0 Å². The van der Waals surface area contributed by atoms with Gasteiger partial charge in [-0.2, -0.15) is 0 Å². The molecule has 0 aliphatic carbocycles. The minimum Gasteiger partial charge on any atom is -0.497 e. The van der Waals surface area contributed by atoms with E-state index in [1.165, 1.54) is 0 Å². The van der Waals surface area contributed by atoms with E-state index in [0.717, 1.165) is 10.9 Å². The van der Waals surface area contributed by atoms with Gasteiger partial charge in [0.05, 0.1) is 13.7 Å². The van der Waals surface area contributed by atoms with Crippen molar-refractivity contribution < 1.29 is 9.53 Å². The Hall–Kier alpha value is -3.93. The van der Waals surface area contributed by atoms with Gasteiger partial charge in [0.1, 0.15) is 11.4 Å². The summed E-state index contributed by atoms with van der Waals surface area (Å²) in [5.74, 6) is 0.421. The van der Waals surface area contributed by atoms with Crippen molar-refractivity contribution in [3.63, 3.8) is 0 Å². The molecule has 0 atom stereocenters. The largest absolute Gasteiger partial charge is 0.497 e. The fraction of sp³-hybridized carbons (Fsp3) is 0.125. The number of fused-ring (bicyclic) bond motifs is 1. The van der Waals surface area contributed by atoms with Gasteiger partial charge in [-0.25, -0.2) is 0 Å². The van der Waals surface area contributed by atoms with Gasteiger partial charge in [0.25, 0.3) is 11.5 Å². The molecule has 4 rings (SSSR count). The molecule has 0 aliphatic heterocycles. The Labute approximate surface area is 173 Å². The molecule has 2 aromatic carbocycles. The smallest absolute Gasteiger partial charge is 0.277 e. The Bertz CT molecular complexity index is 1250. The molecule has 1 N–H and O–H groups in total. The third kappa shape index (κ3) is 3.93. The van der Waals surface area contributed by atoms with Gasteiger partial charge in [-0.1, -0.05) is 23.8 Å². The quantitative estimate of drug-likeness (QED) is 0.549. The first-order valence-corrected chi connectivity index (χ1v) is 9.54. The first kappa shape index (κ1) is 19.4. The first-order valence-electron chi connectivity index (χ1n) is 9.54. The van der Waals surface area contributed by atoms with Crippen LogP contribution < -0.4 is 15.2 Å². The van der Waals surface area contributed by atoms with Crippen LogP contribution in [0.25, 0.3) is 10.9 Å². The number of anilines is 1. The molecule has 2 aromatic heterocycles. The normalized spacial score (nSPS) is 10.7. The second-order valence-electron chi connectivity index (χ2n) is 7.02. The Balaban J connectivity index is 1.78. The second kappa shape index (κ2) is 8.21.